The SMILES string of the molecule is CCC(=O)C1CCN(C(=O)CCCN2C(=O)c3ccccc3C2=O)CC1. The highest BCUT2D eigenvalue weighted by Gasteiger charge is 2.34. The molecule has 0 aliphatic carbocycles. The topological polar surface area (TPSA) is 74.8 Å². The van der Waals surface area contributed by atoms with Gasteiger partial charge in [-0.25, -0.2) is 0 Å². The van der Waals surface area contributed by atoms with Crippen LogP contribution in [0.5, 0.6) is 0 Å². The first kappa shape index (κ1) is 18.3. The van der Waals surface area contributed by atoms with Crippen molar-refractivity contribution in [2.75, 3.05) is 19.6 Å². The summed E-state index contributed by atoms with van der Waals surface area (Å²) in [5.41, 5.74) is 0.873. The molecular weight excluding hydrogens is 332 g/mol. The van der Waals surface area contributed by atoms with E-state index in [1.807, 2.05) is 6.92 Å². The summed E-state index contributed by atoms with van der Waals surface area (Å²) in [6.45, 7) is 3.35. The predicted molar refractivity (Wildman–Crippen MR) is 95.6 cm³/mol. The molecule has 0 bridgehead atoms. The molecule has 2 aliphatic rings. The van der Waals surface area contributed by atoms with Crippen LogP contribution in [0.25, 0.3) is 0 Å². The first-order valence-corrected chi connectivity index (χ1v) is 9.28. The summed E-state index contributed by atoms with van der Waals surface area (Å²) in [7, 11) is 0. The summed E-state index contributed by atoms with van der Waals surface area (Å²) < 4.78 is 0. The first-order chi connectivity index (χ1) is 12.5. The molecular formula is C20H24N2O4. The number of carbonyl (C=O) groups excluding carboxylic acids is 4. The summed E-state index contributed by atoms with van der Waals surface area (Å²) in [5, 5.41) is 0. The number of benzene rings is 1. The molecule has 3 rings (SSSR count). The van der Waals surface area contributed by atoms with E-state index >= 15 is 0 Å². The quantitative estimate of drug-likeness (QED) is 0.733. The molecule has 0 unspecified atom stereocenters. The van der Waals surface area contributed by atoms with E-state index in [2.05, 4.69) is 0 Å². The molecule has 2 aliphatic heterocycles. The smallest absolute Gasteiger partial charge is 0.261 e. The zero-order valence-corrected chi connectivity index (χ0v) is 15.1. The fraction of sp³-hybridized carbons (Fsp3) is 0.500. The van der Waals surface area contributed by atoms with E-state index in [0.29, 0.717) is 43.5 Å². The maximum absolute atomic E-state index is 12.4. The Balaban J connectivity index is 1.46. The van der Waals surface area contributed by atoms with Gasteiger partial charge in [-0.15, -0.1) is 0 Å². The molecule has 3 amide bonds. The van der Waals surface area contributed by atoms with Crippen molar-refractivity contribution in [2.45, 2.75) is 39.0 Å². The monoisotopic (exact) mass is 356 g/mol. The van der Waals surface area contributed by atoms with Crippen molar-refractivity contribution in [1.82, 2.24) is 9.80 Å². The highest BCUT2D eigenvalue weighted by molar-refractivity contribution is 6.21. The Labute approximate surface area is 153 Å². The summed E-state index contributed by atoms with van der Waals surface area (Å²) in [6.07, 6.45) is 2.78. The Morgan fingerprint density at radius 1 is 1.04 bits per heavy atom. The molecule has 0 aromatic heterocycles. The molecule has 0 N–H and O–H groups in total. The molecule has 1 fully saturated rings. The number of rotatable bonds is 6. The van der Waals surface area contributed by atoms with Crippen LogP contribution in [0.2, 0.25) is 0 Å². The van der Waals surface area contributed by atoms with E-state index in [-0.39, 0.29) is 36.0 Å². The maximum Gasteiger partial charge on any atom is 0.261 e. The molecule has 6 nitrogen and oxygen atoms in total. The summed E-state index contributed by atoms with van der Waals surface area (Å²) in [6, 6.07) is 6.79. The normalized spacial score (nSPS) is 17.6. The third-order valence-corrected chi connectivity index (χ3v) is 5.30. The van der Waals surface area contributed by atoms with Crippen molar-refractivity contribution in [1.29, 1.82) is 0 Å². The van der Waals surface area contributed by atoms with Crippen LogP contribution in [0.4, 0.5) is 0 Å². The number of Topliss-reactive ketones (excluding diaryl/α,β-unsaturated/α-hetero) is 1. The second-order valence-electron chi connectivity index (χ2n) is 6.89. The van der Waals surface area contributed by atoms with Gasteiger partial charge in [0.2, 0.25) is 5.91 Å². The minimum Gasteiger partial charge on any atom is -0.343 e. The fourth-order valence-electron chi connectivity index (χ4n) is 3.73. The van der Waals surface area contributed by atoms with Gasteiger partial charge in [-0.2, -0.15) is 0 Å². The van der Waals surface area contributed by atoms with Gasteiger partial charge >= 0.3 is 0 Å². The molecule has 2 heterocycles. The van der Waals surface area contributed by atoms with E-state index in [4.69, 9.17) is 0 Å². The van der Waals surface area contributed by atoms with Crippen molar-refractivity contribution in [3.8, 4) is 0 Å². The lowest BCUT2D eigenvalue weighted by atomic mass is 9.91. The Morgan fingerprint density at radius 2 is 1.62 bits per heavy atom. The highest BCUT2D eigenvalue weighted by atomic mass is 16.2. The van der Waals surface area contributed by atoms with Crippen molar-refractivity contribution in [2.24, 2.45) is 5.92 Å². The number of ketones is 1. The molecule has 6 heteroatoms. The molecule has 0 spiro atoms. The van der Waals surface area contributed by atoms with Crippen LogP contribution in [0, 0.1) is 5.92 Å². The molecule has 26 heavy (non-hydrogen) atoms. The lowest BCUT2D eigenvalue weighted by molar-refractivity contribution is -0.135. The molecule has 0 radical (unpaired) electrons. The lowest BCUT2D eigenvalue weighted by Crippen LogP contribution is -2.40. The van der Waals surface area contributed by atoms with Crippen LogP contribution in [0.3, 0.4) is 0 Å². The van der Waals surface area contributed by atoms with Crippen molar-refractivity contribution in [3.63, 3.8) is 0 Å². The number of nitrogens with zero attached hydrogens (tertiary/aromatic N) is 2. The predicted octanol–water partition coefficient (Wildman–Crippen LogP) is 2.28. The number of hydrogen-bond donors (Lipinski definition) is 0. The second kappa shape index (κ2) is 7.81. The van der Waals surface area contributed by atoms with Gasteiger partial charge in [0.25, 0.3) is 11.8 Å². The van der Waals surface area contributed by atoms with Crippen molar-refractivity contribution < 1.29 is 19.2 Å². The Kier molecular flexibility index (Phi) is 5.49. The number of carbonyl (C=O) groups is 4. The highest BCUT2D eigenvalue weighted by Crippen LogP contribution is 2.23. The third kappa shape index (κ3) is 3.54. The van der Waals surface area contributed by atoms with E-state index in [1.54, 1.807) is 29.2 Å². The Bertz CT molecular complexity index is 700. The number of piperidine rings is 1. The van der Waals surface area contributed by atoms with Gasteiger partial charge < -0.3 is 4.90 Å². The van der Waals surface area contributed by atoms with Crippen LogP contribution in [0.15, 0.2) is 24.3 Å². The largest absolute Gasteiger partial charge is 0.343 e. The molecule has 0 atom stereocenters. The van der Waals surface area contributed by atoms with Crippen LogP contribution < -0.4 is 0 Å². The van der Waals surface area contributed by atoms with Crippen LogP contribution in [-0.2, 0) is 9.59 Å². The van der Waals surface area contributed by atoms with Gasteiger partial charge in [-0.3, -0.25) is 24.1 Å². The number of imide groups is 1. The fourth-order valence-corrected chi connectivity index (χ4v) is 3.73. The Hall–Kier alpha value is -2.50. The molecule has 1 aromatic carbocycles. The van der Waals surface area contributed by atoms with Gasteiger partial charge in [0.15, 0.2) is 0 Å². The van der Waals surface area contributed by atoms with Gasteiger partial charge in [0, 0.05) is 38.4 Å². The minimum absolute atomic E-state index is 0.0315. The average Bonchev–Trinajstić information content (AvgIpc) is 2.92. The standard InChI is InChI=1S/C20H24N2O4/c1-2-17(23)14-9-12-21(13-10-14)18(24)8-5-11-22-19(25)15-6-3-4-7-16(15)20(22)26/h3-4,6-7,14H,2,5,8-13H2,1H3. The van der Waals surface area contributed by atoms with Gasteiger partial charge in [0.05, 0.1) is 11.1 Å². The van der Waals surface area contributed by atoms with Crippen LogP contribution in [-0.4, -0.2) is 52.9 Å². The zero-order valence-electron chi connectivity index (χ0n) is 15.1. The number of amides is 3. The molecule has 1 saturated heterocycles. The minimum atomic E-state index is -0.281. The third-order valence-electron chi connectivity index (χ3n) is 5.30. The number of likely N-dealkylation sites (tertiary alicyclic amines) is 1. The van der Waals surface area contributed by atoms with Gasteiger partial charge in [0.1, 0.15) is 5.78 Å². The maximum atomic E-state index is 12.4. The summed E-state index contributed by atoms with van der Waals surface area (Å²) in [5.74, 6) is -0.164. The molecule has 1 aromatic rings. The first-order valence-electron chi connectivity index (χ1n) is 9.28. The van der Waals surface area contributed by atoms with E-state index in [9.17, 15) is 19.2 Å². The Morgan fingerprint density at radius 3 is 2.15 bits per heavy atom. The van der Waals surface area contributed by atoms with Gasteiger partial charge in [-0.1, -0.05) is 19.1 Å². The van der Waals surface area contributed by atoms with Crippen molar-refractivity contribution >= 4 is 23.5 Å². The molecule has 0 saturated carbocycles. The second-order valence-corrected chi connectivity index (χ2v) is 6.89. The van der Waals surface area contributed by atoms with Gasteiger partial charge in [-0.05, 0) is 31.4 Å². The number of hydrogen-bond acceptors (Lipinski definition) is 4. The van der Waals surface area contributed by atoms with Crippen LogP contribution in [0.1, 0.15) is 59.7 Å². The van der Waals surface area contributed by atoms with E-state index in [0.717, 1.165) is 12.8 Å². The lowest BCUT2D eigenvalue weighted by Gasteiger charge is -2.31. The zero-order chi connectivity index (χ0) is 18.7. The molecule has 138 valence electrons. The van der Waals surface area contributed by atoms with Crippen LogP contribution >= 0.6 is 0 Å². The van der Waals surface area contributed by atoms with E-state index < -0.39 is 0 Å². The number of fused-ring (bicyclic) bond motifs is 1. The van der Waals surface area contributed by atoms with Crippen molar-refractivity contribution in [3.05, 3.63) is 35.4 Å². The van der Waals surface area contributed by atoms with E-state index in [1.165, 1.54) is 4.90 Å². The summed E-state index contributed by atoms with van der Waals surface area (Å²) >= 11 is 0. The summed E-state index contributed by atoms with van der Waals surface area (Å²) in [4.78, 5) is 51.7. The average molecular weight is 356 g/mol.